The van der Waals surface area contributed by atoms with Gasteiger partial charge < -0.3 is 5.32 Å². The van der Waals surface area contributed by atoms with Crippen LogP contribution >= 0.6 is 57.1 Å². The maximum Gasteiger partial charge on any atom is 0.114 e. The first-order valence-corrected chi connectivity index (χ1v) is 14.1. The molecule has 1 N–H and O–H groups in total. The van der Waals surface area contributed by atoms with Crippen molar-refractivity contribution in [2.75, 3.05) is 12.4 Å². The largest absolute Gasteiger partial charge is 0.380 e. The molecule has 156 valence electrons. The molecule has 0 bridgehead atoms. The molecule has 0 radical (unpaired) electrons. The maximum atomic E-state index is 4.70. The van der Waals surface area contributed by atoms with Crippen LogP contribution in [0.4, 0.5) is 5.00 Å². The van der Waals surface area contributed by atoms with Crippen LogP contribution in [0, 0.1) is 5.92 Å². The van der Waals surface area contributed by atoms with Gasteiger partial charge in [0.25, 0.3) is 0 Å². The number of fused-ring (bicyclic) bond motifs is 3. The first-order valence-electron chi connectivity index (χ1n) is 10.1. The van der Waals surface area contributed by atoms with E-state index in [0.29, 0.717) is 5.92 Å². The van der Waals surface area contributed by atoms with Crippen molar-refractivity contribution in [3.63, 3.8) is 0 Å². The Morgan fingerprint density at radius 1 is 0.774 bits per heavy atom. The van der Waals surface area contributed by atoms with Gasteiger partial charge in [0, 0.05) is 51.6 Å². The van der Waals surface area contributed by atoms with Crippen LogP contribution in [0.15, 0.2) is 36.4 Å². The van der Waals surface area contributed by atoms with E-state index in [2.05, 4.69) is 55.6 Å². The second kappa shape index (κ2) is 7.64. The molecule has 5 heterocycles. The zero-order valence-electron chi connectivity index (χ0n) is 17.2. The van der Waals surface area contributed by atoms with Crippen molar-refractivity contribution >= 4 is 91.9 Å². The molecule has 3 nitrogen and oxygen atoms in total. The average molecular weight is 498 g/mol. The predicted molar refractivity (Wildman–Crippen MR) is 143 cm³/mol. The van der Waals surface area contributed by atoms with Gasteiger partial charge in [-0.1, -0.05) is 26.0 Å². The lowest BCUT2D eigenvalue weighted by molar-refractivity contribution is 0.654. The SMILES string of the molecule is CNc1cc2sc(-c3ccc(-c4cc5sc(CC(C)C)cc5s4)c4nsnc34)cc2s1. The topological polar surface area (TPSA) is 37.8 Å². The number of aromatic nitrogens is 2. The van der Waals surface area contributed by atoms with Gasteiger partial charge in [0.2, 0.25) is 0 Å². The predicted octanol–water partition coefficient (Wildman–Crippen LogP) is 8.82. The van der Waals surface area contributed by atoms with E-state index < -0.39 is 0 Å². The summed E-state index contributed by atoms with van der Waals surface area (Å²) in [6.07, 6.45) is 1.16. The summed E-state index contributed by atoms with van der Waals surface area (Å²) in [5, 5.41) is 4.45. The summed E-state index contributed by atoms with van der Waals surface area (Å²) in [5.74, 6) is 0.692. The van der Waals surface area contributed by atoms with E-state index in [0.717, 1.165) is 17.5 Å². The van der Waals surface area contributed by atoms with Gasteiger partial charge in [0.1, 0.15) is 11.0 Å². The van der Waals surface area contributed by atoms with Gasteiger partial charge >= 0.3 is 0 Å². The fourth-order valence-electron chi connectivity index (χ4n) is 3.88. The monoisotopic (exact) mass is 497 g/mol. The molecular formula is C23H19N3S5. The van der Waals surface area contributed by atoms with Crippen LogP contribution < -0.4 is 5.32 Å². The van der Waals surface area contributed by atoms with E-state index in [9.17, 15) is 0 Å². The molecule has 0 aliphatic rings. The summed E-state index contributed by atoms with van der Waals surface area (Å²) in [6, 6.07) is 13.7. The van der Waals surface area contributed by atoms with Gasteiger partial charge in [0.05, 0.1) is 16.7 Å². The molecule has 0 unspecified atom stereocenters. The first-order chi connectivity index (χ1) is 15.1. The third kappa shape index (κ3) is 3.41. The number of rotatable bonds is 5. The van der Waals surface area contributed by atoms with Gasteiger partial charge in [-0.15, -0.1) is 45.3 Å². The summed E-state index contributed by atoms with van der Waals surface area (Å²) in [6.45, 7) is 4.56. The van der Waals surface area contributed by atoms with Gasteiger partial charge in [-0.25, -0.2) is 0 Å². The first kappa shape index (κ1) is 19.8. The highest BCUT2D eigenvalue weighted by atomic mass is 32.1. The number of nitrogens with one attached hydrogen (secondary N) is 1. The smallest absolute Gasteiger partial charge is 0.114 e. The van der Waals surface area contributed by atoms with Gasteiger partial charge in [-0.3, -0.25) is 0 Å². The van der Waals surface area contributed by atoms with Gasteiger partial charge in [0.15, 0.2) is 0 Å². The molecule has 0 saturated heterocycles. The summed E-state index contributed by atoms with van der Waals surface area (Å²) >= 11 is 8.74. The van der Waals surface area contributed by atoms with Crippen LogP contribution in [-0.4, -0.2) is 15.8 Å². The van der Waals surface area contributed by atoms with E-state index in [1.807, 2.05) is 41.1 Å². The number of anilines is 1. The van der Waals surface area contributed by atoms with Crippen molar-refractivity contribution < 1.29 is 0 Å². The molecular weight excluding hydrogens is 479 g/mol. The third-order valence-electron chi connectivity index (χ3n) is 5.27. The van der Waals surface area contributed by atoms with Crippen molar-refractivity contribution in [2.24, 2.45) is 5.92 Å². The molecule has 31 heavy (non-hydrogen) atoms. The van der Waals surface area contributed by atoms with Crippen LogP contribution in [0.1, 0.15) is 18.7 Å². The lowest BCUT2D eigenvalue weighted by Crippen LogP contribution is -1.89. The molecule has 6 rings (SSSR count). The molecule has 0 saturated carbocycles. The summed E-state index contributed by atoms with van der Waals surface area (Å²) < 4.78 is 14.8. The lowest BCUT2D eigenvalue weighted by Gasteiger charge is -2.03. The number of hydrogen-bond donors (Lipinski definition) is 1. The molecule has 0 fully saturated rings. The number of nitrogens with zero attached hydrogens (tertiary/aromatic N) is 2. The highest BCUT2D eigenvalue weighted by Crippen LogP contribution is 2.45. The Kier molecular flexibility index (Phi) is 4.88. The Morgan fingerprint density at radius 2 is 1.35 bits per heavy atom. The molecule has 0 aliphatic carbocycles. The Morgan fingerprint density at radius 3 is 1.90 bits per heavy atom. The second-order valence-corrected chi connectivity index (χ2v) is 12.9. The quantitative estimate of drug-likeness (QED) is 0.258. The van der Waals surface area contributed by atoms with E-state index in [4.69, 9.17) is 8.75 Å². The molecule has 0 amide bonds. The third-order valence-corrected chi connectivity index (χ3v) is 10.5. The van der Waals surface area contributed by atoms with Crippen molar-refractivity contribution in [1.29, 1.82) is 0 Å². The van der Waals surface area contributed by atoms with E-state index >= 15 is 0 Å². The van der Waals surface area contributed by atoms with E-state index in [1.165, 1.54) is 61.3 Å². The van der Waals surface area contributed by atoms with Crippen molar-refractivity contribution in [3.8, 4) is 20.9 Å². The summed E-state index contributed by atoms with van der Waals surface area (Å²) in [7, 11) is 1.97. The van der Waals surface area contributed by atoms with Crippen molar-refractivity contribution in [2.45, 2.75) is 20.3 Å². The summed E-state index contributed by atoms with van der Waals surface area (Å²) in [5.41, 5.74) is 4.42. The van der Waals surface area contributed by atoms with Crippen LogP contribution in [0.2, 0.25) is 0 Å². The van der Waals surface area contributed by atoms with Crippen LogP contribution in [0.25, 0.3) is 50.7 Å². The van der Waals surface area contributed by atoms with Crippen LogP contribution in [0.5, 0.6) is 0 Å². The van der Waals surface area contributed by atoms with Gasteiger partial charge in [-0.2, -0.15) is 8.75 Å². The molecule has 0 aliphatic heterocycles. The fraction of sp³-hybridized carbons (Fsp3) is 0.217. The molecule has 5 aromatic heterocycles. The number of benzene rings is 1. The lowest BCUT2D eigenvalue weighted by atomic mass is 10.1. The minimum Gasteiger partial charge on any atom is -0.380 e. The minimum atomic E-state index is 0.692. The molecule has 8 heteroatoms. The Bertz CT molecular complexity index is 1480. The van der Waals surface area contributed by atoms with E-state index in [-0.39, 0.29) is 0 Å². The number of thiophene rings is 4. The Labute approximate surface area is 200 Å². The summed E-state index contributed by atoms with van der Waals surface area (Å²) in [4.78, 5) is 4.03. The minimum absolute atomic E-state index is 0.692. The van der Waals surface area contributed by atoms with Gasteiger partial charge in [-0.05, 0) is 36.6 Å². The zero-order valence-corrected chi connectivity index (χ0v) is 21.3. The standard InChI is InChI=1S/C23H19N3S5/c1-11(2)6-12-7-17-18(27-12)8-15(28-17)13-4-5-14(23-22(13)25-31-26-23)16-9-19-20(29-16)10-21(24-3)30-19/h4-5,7-11,24H,6H2,1-3H3. The normalized spacial score (nSPS) is 12.1. The van der Waals surface area contributed by atoms with Crippen molar-refractivity contribution in [1.82, 2.24) is 8.75 Å². The molecule has 6 aromatic rings. The molecule has 0 spiro atoms. The Balaban J connectivity index is 1.42. The van der Waals surface area contributed by atoms with Crippen LogP contribution in [-0.2, 0) is 6.42 Å². The average Bonchev–Trinajstić information content (AvgIpc) is 3.50. The van der Waals surface area contributed by atoms with E-state index in [1.54, 1.807) is 11.3 Å². The second-order valence-electron chi connectivity index (χ2n) is 7.97. The molecule has 0 atom stereocenters. The highest BCUT2D eigenvalue weighted by Gasteiger charge is 2.18. The fourth-order valence-corrected chi connectivity index (χ4v) is 9.39. The Hall–Kier alpha value is -1.84. The van der Waals surface area contributed by atoms with Crippen molar-refractivity contribution in [3.05, 3.63) is 41.3 Å². The maximum absolute atomic E-state index is 4.70. The van der Waals surface area contributed by atoms with Crippen LogP contribution in [0.3, 0.4) is 0 Å². The zero-order chi connectivity index (χ0) is 21.1. The number of hydrogen-bond acceptors (Lipinski definition) is 8. The highest BCUT2D eigenvalue weighted by molar-refractivity contribution is 7.31. The molecule has 1 aromatic carbocycles.